The van der Waals surface area contributed by atoms with Gasteiger partial charge in [0, 0.05) is 35.4 Å². The lowest BCUT2D eigenvalue weighted by molar-refractivity contribution is 0.0924. The minimum Gasteiger partial charge on any atom is -0.496 e. The number of ether oxygens (including phenoxy) is 1. The van der Waals surface area contributed by atoms with Crippen LogP contribution in [-0.4, -0.2) is 48.6 Å². The van der Waals surface area contributed by atoms with E-state index in [9.17, 15) is 9.59 Å². The van der Waals surface area contributed by atoms with Gasteiger partial charge >= 0.3 is 0 Å². The molecule has 7 nitrogen and oxygen atoms in total. The van der Waals surface area contributed by atoms with E-state index in [0.717, 1.165) is 42.8 Å². The normalized spacial score (nSPS) is 21.5. The molecule has 0 spiro atoms. The number of benzene rings is 1. The molecule has 166 valence electrons. The zero-order valence-electron chi connectivity index (χ0n) is 18.4. The molecule has 2 amide bonds. The molecule has 1 aromatic carbocycles. The van der Waals surface area contributed by atoms with Gasteiger partial charge in [0.25, 0.3) is 11.8 Å². The van der Waals surface area contributed by atoms with E-state index in [-0.39, 0.29) is 24.4 Å². The molecule has 2 aromatic rings. The molecule has 4 rings (SSSR count). The van der Waals surface area contributed by atoms with E-state index in [4.69, 9.17) is 11.2 Å². The van der Waals surface area contributed by atoms with E-state index < -0.39 is 0 Å². The topological polar surface area (TPSA) is 83.6 Å². The number of fused-ring (bicyclic) bond motifs is 2. The fourth-order valence-corrected chi connectivity index (χ4v) is 4.92. The molecule has 0 radical (unpaired) electrons. The number of carbonyl (C=O) groups excluding carboxylic acids is 2. The Hall–Kier alpha value is -3.53. The van der Waals surface area contributed by atoms with E-state index in [1.807, 2.05) is 31.2 Å². The lowest BCUT2D eigenvalue weighted by Gasteiger charge is -2.40. The molecule has 32 heavy (non-hydrogen) atoms. The Bertz CT molecular complexity index is 1030. The summed E-state index contributed by atoms with van der Waals surface area (Å²) in [6.45, 7) is 2.10. The average molecular weight is 433 g/mol. The first-order chi connectivity index (χ1) is 15.5. The number of rotatable bonds is 6. The monoisotopic (exact) mass is 432 g/mol. The Morgan fingerprint density at radius 2 is 1.94 bits per heavy atom. The second-order valence-corrected chi connectivity index (χ2v) is 8.36. The van der Waals surface area contributed by atoms with Crippen LogP contribution in [0.3, 0.4) is 0 Å². The van der Waals surface area contributed by atoms with Crippen LogP contribution >= 0.6 is 0 Å². The summed E-state index contributed by atoms with van der Waals surface area (Å²) in [5, 5.41) is 5.88. The van der Waals surface area contributed by atoms with Crippen LogP contribution in [0.25, 0.3) is 0 Å². The minimum absolute atomic E-state index is 0.0558. The van der Waals surface area contributed by atoms with Crippen molar-refractivity contribution in [3.63, 3.8) is 0 Å². The van der Waals surface area contributed by atoms with Crippen molar-refractivity contribution in [2.24, 2.45) is 0 Å². The summed E-state index contributed by atoms with van der Waals surface area (Å²) in [6.07, 6.45) is 10.7. The molecular weight excluding hydrogens is 404 g/mol. The molecule has 2 atom stereocenters. The van der Waals surface area contributed by atoms with Crippen LogP contribution in [0.4, 0.5) is 5.82 Å². The number of anilines is 1. The number of pyridine rings is 1. The molecule has 2 aliphatic rings. The van der Waals surface area contributed by atoms with Crippen molar-refractivity contribution < 1.29 is 14.3 Å². The van der Waals surface area contributed by atoms with E-state index in [0.29, 0.717) is 23.2 Å². The van der Waals surface area contributed by atoms with Crippen molar-refractivity contribution in [1.82, 2.24) is 15.6 Å². The molecule has 7 heteroatoms. The Balaban J connectivity index is 1.41. The number of methoxy groups -OCH3 is 1. The number of nitrogens with one attached hydrogen (secondary N) is 2. The molecule has 2 saturated heterocycles. The van der Waals surface area contributed by atoms with Gasteiger partial charge in [0.15, 0.2) is 0 Å². The van der Waals surface area contributed by atoms with Crippen molar-refractivity contribution in [1.29, 1.82) is 0 Å². The molecule has 0 aliphatic carbocycles. The van der Waals surface area contributed by atoms with Gasteiger partial charge in [-0.05, 0) is 56.9 Å². The van der Waals surface area contributed by atoms with E-state index in [1.165, 1.54) is 0 Å². The van der Waals surface area contributed by atoms with Gasteiger partial charge in [-0.3, -0.25) is 9.59 Å². The van der Waals surface area contributed by atoms with Crippen molar-refractivity contribution in [3.8, 4) is 18.1 Å². The molecular formula is C25H28N4O3. The van der Waals surface area contributed by atoms with Crippen LogP contribution in [-0.2, 0) is 0 Å². The van der Waals surface area contributed by atoms with Gasteiger partial charge in [-0.1, -0.05) is 12.0 Å². The lowest BCUT2D eigenvalue weighted by Crippen LogP contribution is -2.50. The number of nitrogens with zero attached hydrogens (tertiary/aromatic N) is 2. The standard InChI is InChI=1S/C25H28N4O3/c1-4-12-26-24(30)17-8-11-23(27-15-17)29-19-9-10-20(29)14-18(13-19)28-25(31)21-6-5-7-22(32-3)16(21)2/h1,5-8,11,15,18-20H,9-10,12-14H2,2-3H3,(H,26,30)(H,28,31). The lowest BCUT2D eigenvalue weighted by atomic mass is 9.96. The first-order valence-corrected chi connectivity index (χ1v) is 10.9. The second-order valence-electron chi connectivity index (χ2n) is 8.36. The van der Waals surface area contributed by atoms with Crippen molar-refractivity contribution in [3.05, 3.63) is 53.2 Å². The van der Waals surface area contributed by atoms with Crippen LogP contribution < -0.4 is 20.3 Å². The molecule has 3 heterocycles. The fourth-order valence-electron chi connectivity index (χ4n) is 4.92. The van der Waals surface area contributed by atoms with Crippen molar-refractivity contribution in [2.45, 2.75) is 50.7 Å². The highest BCUT2D eigenvalue weighted by Crippen LogP contribution is 2.38. The maximum atomic E-state index is 12.9. The number of hydrogen-bond acceptors (Lipinski definition) is 5. The molecule has 2 unspecified atom stereocenters. The van der Waals surface area contributed by atoms with Crippen molar-refractivity contribution >= 4 is 17.6 Å². The molecule has 2 fully saturated rings. The predicted octanol–water partition coefficient (Wildman–Crippen LogP) is 2.69. The van der Waals surface area contributed by atoms with Gasteiger partial charge < -0.3 is 20.3 Å². The third kappa shape index (κ3) is 4.26. The van der Waals surface area contributed by atoms with Gasteiger partial charge in [-0.25, -0.2) is 4.98 Å². The Morgan fingerprint density at radius 1 is 1.19 bits per heavy atom. The quantitative estimate of drug-likeness (QED) is 0.686. The van der Waals surface area contributed by atoms with Crippen LogP contribution in [0.5, 0.6) is 5.75 Å². The third-order valence-electron chi connectivity index (χ3n) is 6.44. The maximum absolute atomic E-state index is 12.9. The second kappa shape index (κ2) is 9.31. The molecule has 0 saturated carbocycles. The average Bonchev–Trinajstić information content (AvgIpc) is 3.07. The zero-order valence-corrected chi connectivity index (χ0v) is 18.4. The summed E-state index contributed by atoms with van der Waals surface area (Å²) in [7, 11) is 1.61. The summed E-state index contributed by atoms with van der Waals surface area (Å²) >= 11 is 0. The Morgan fingerprint density at radius 3 is 2.56 bits per heavy atom. The number of carbonyl (C=O) groups is 2. The first kappa shape index (κ1) is 21.7. The van der Waals surface area contributed by atoms with Crippen LogP contribution in [0, 0.1) is 19.3 Å². The highest BCUT2D eigenvalue weighted by molar-refractivity contribution is 5.96. The zero-order chi connectivity index (χ0) is 22.7. The molecule has 1 aromatic heterocycles. The van der Waals surface area contributed by atoms with E-state index in [1.54, 1.807) is 19.4 Å². The summed E-state index contributed by atoms with van der Waals surface area (Å²) in [5.74, 6) is 3.70. The highest BCUT2D eigenvalue weighted by atomic mass is 16.5. The Labute approximate surface area is 188 Å². The van der Waals surface area contributed by atoms with Crippen LogP contribution in [0.1, 0.15) is 52.0 Å². The number of hydrogen-bond donors (Lipinski definition) is 2. The molecule has 2 bridgehead atoms. The maximum Gasteiger partial charge on any atom is 0.253 e. The Kier molecular flexibility index (Phi) is 6.31. The smallest absolute Gasteiger partial charge is 0.253 e. The summed E-state index contributed by atoms with van der Waals surface area (Å²) < 4.78 is 5.35. The van der Waals surface area contributed by atoms with Crippen molar-refractivity contribution in [2.75, 3.05) is 18.6 Å². The van der Waals surface area contributed by atoms with Crippen LogP contribution in [0.2, 0.25) is 0 Å². The summed E-state index contributed by atoms with van der Waals surface area (Å²) in [5.41, 5.74) is 2.00. The number of aromatic nitrogens is 1. The predicted molar refractivity (Wildman–Crippen MR) is 123 cm³/mol. The van der Waals surface area contributed by atoms with E-state index >= 15 is 0 Å². The third-order valence-corrected chi connectivity index (χ3v) is 6.44. The highest BCUT2D eigenvalue weighted by Gasteiger charge is 2.41. The number of terminal acetylenes is 1. The molecule has 2 aliphatic heterocycles. The number of amides is 2. The van der Waals surface area contributed by atoms with Gasteiger partial charge in [0.2, 0.25) is 0 Å². The molecule has 2 N–H and O–H groups in total. The largest absolute Gasteiger partial charge is 0.496 e. The van der Waals surface area contributed by atoms with Gasteiger partial charge in [-0.2, -0.15) is 0 Å². The van der Waals surface area contributed by atoms with Gasteiger partial charge in [-0.15, -0.1) is 6.42 Å². The van der Waals surface area contributed by atoms with E-state index in [2.05, 4.69) is 26.4 Å². The SMILES string of the molecule is C#CCNC(=O)c1ccc(N2C3CCC2CC(NC(=O)c2cccc(OC)c2C)C3)nc1. The fraction of sp³-hybridized carbons (Fsp3) is 0.400. The summed E-state index contributed by atoms with van der Waals surface area (Å²) in [4.78, 5) is 31.9. The number of piperidine rings is 1. The van der Waals surface area contributed by atoms with Gasteiger partial charge in [0.1, 0.15) is 11.6 Å². The first-order valence-electron chi connectivity index (χ1n) is 10.9. The van der Waals surface area contributed by atoms with Gasteiger partial charge in [0.05, 0.1) is 19.2 Å². The minimum atomic E-state index is -0.223. The summed E-state index contributed by atoms with van der Waals surface area (Å²) in [6, 6.07) is 9.98. The van der Waals surface area contributed by atoms with Crippen LogP contribution in [0.15, 0.2) is 36.5 Å².